The van der Waals surface area contributed by atoms with Gasteiger partial charge in [-0.25, -0.2) is 0 Å². The summed E-state index contributed by atoms with van der Waals surface area (Å²) < 4.78 is 0. The molecule has 3 heteroatoms. The topological polar surface area (TPSA) is 32.9 Å². The maximum Gasteiger partial charge on any atom is 0.161 e. The molecule has 0 unspecified atom stereocenters. The van der Waals surface area contributed by atoms with Gasteiger partial charge in [-0.15, -0.1) is 0 Å². The van der Waals surface area contributed by atoms with Crippen molar-refractivity contribution >= 4 is 17.5 Å². The molecule has 1 aliphatic rings. The summed E-state index contributed by atoms with van der Waals surface area (Å²) in [7, 11) is 0. The summed E-state index contributed by atoms with van der Waals surface area (Å²) >= 11 is 1.92. The van der Waals surface area contributed by atoms with Gasteiger partial charge < -0.3 is 4.98 Å². The minimum atomic E-state index is 0.207. The highest BCUT2D eigenvalue weighted by Gasteiger charge is 2.23. The SMILES string of the molecule is CC(=O)c1c(C(C)C)[nH]c2c1CSCC2. The zero-order chi connectivity index (χ0) is 11.0. The van der Waals surface area contributed by atoms with E-state index >= 15 is 0 Å². The van der Waals surface area contributed by atoms with Crippen LogP contribution < -0.4 is 0 Å². The lowest BCUT2D eigenvalue weighted by molar-refractivity contribution is 0.101. The zero-order valence-electron chi connectivity index (χ0n) is 9.52. The van der Waals surface area contributed by atoms with Crippen LogP contribution in [0.2, 0.25) is 0 Å². The van der Waals surface area contributed by atoms with Gasteiger partial charge in [0.25, 0.3) is 0 Å². The predicted octanol–water partition coefficient (Wildman–Crippen LogP) is 3.13. The molecule has 0 aliphatic carbocycles. The van der Waals surface area contributed by atoms with Gasteiger partial charge in [-0.1, -0.05) is 13.8 Å². The molecule has 2 nitrogen and oxygen atoms in total. The molecular weight excluding hydrogens is 206 g/mol. The summed E-state index contributed by atoms with van der Waals surface area (Å²) in [5.41, 5.74) is 4.66. The number of ketones is 1. The maximum absolute atomic E-state index is 11.7. The lowest BCUT2D eigenvalue weighted by Crippen LogP contribution is -2.04. The van der Waals surface area contributed by atoms with Crippen molar-refractivity contribution in [1.82, 2.24) is 4.98 Å². The van der Waals surface area contributed by atoms with Gasteiger partial charge in [0.2, 0.25) is 0 Å². The summed E-state index contributed by atoms with van der Waals surface area (Å²) in [6.07, 6.45) is 1.08. The minimum absolute atomic E-state index is 0.207. The number of thioether (sulfide) groups is 1. The Morgan fingerprint density at radius 1 is 1.47 bits per heavy atom. The highest BCUT2D eigenvalue weighted by molar-refractivity contribution is 7.98. The number of fused-ring (bicyclic) bond motifs is 1. The molecule has 0 amide bonds. The number of carbonyl (C=O) groups is 1. The van der Waals surface area contributed by atoms with Crippen molar-refractivity contribution in [3.05, 3.63) is 22.5 Å². The maximum atomic E-state index is 11.7. The summed E-state index contributed by atoms with van der Waals surface area (Å²) in [5, 5.41) is 0. The van der Waals surface area contributed by atoms with Crippen molar-refractivity contribution in [2.75, 3.05) is 5.75 Å². The van der Waals surface area contributed by atoms with E-state index < -0.39 is 0 Å². The van der Waals surface area contributed by atoms with Crippen molar-refractivity contribution in [3.8, 4) is 0 Å². The molecule has 0 fully saturated rings. The number of hydrogen-bond acceptors (Lipinski definition) is 2. The second-order valence-corrected chi connectivity index (χ2v) is 5.49. The van der Waals surface area contributed by atoms with Crippen LogP contribution in [0.25, 0.3) is 0 Å². The fourth-order valence-electron chi connectivity index (χ4n) is 2.17. The molecule has 82 valence electrons. The Hall–Kier alpha value is -0.700. The number of H-pyrrole nitrogens is 1. The van der Waals surface area contributed by atoms with Gasteiger partial charge in [-0.2, -0.15) is 11.8 Å². The Morgan fingerprint density at radius 3 is 2.80 bits per heavy atom. The number of aromatic nitrogens is 1. The van der Waals surface area contributed by atoms with E-state index in [0.29, 0.717) is 5.92 Å². The van der Waals surface area contributed by atoms with Gasteiger partial charge in [-0.05, 0) is 30.6 Å². The Bertz CT molecular complexity index is 393. The second-order valence-electron chi connectivity index (χ2n) is 4.38. The third-order valence-corrected chi connectivity index (χ3v) is 3.88. The molecule has 0 aromatic carbocycles. The molecule has 1 aliphatic heterocycles. The molecule has 0 radical (unpaired) electrons. The monoisotopic (exact) mass is 223 g/mol. The summed E-state index contributed by atoms with van der Waals surface area (Å²) in [4.78, 5) is 15.1. The lowest BCUT2D eigenvalue weighted by atomic mass is 9.99. The normalized spacial score (nSPS) is 15.5. The van der Waals surface area contributed by atoms with Crippen LogP contribution >= 0.6 is 11.8 Å². The molecule has 2 heterocycles. The van der Waals surface area contributed by atoms with Crippen LogP contribution in [0.5, 0.6) is 0 Å². The first-order chi connectivity index (χ1) is 7.11. The summed E-state index contributed by atoms with van der Waals surface area (Å²) in [6.45, 7) is 5.95. The van der Waals surface area contributed by atoms with Crippen molar-refractivity contribution in [2.24, 2.45) is 0 Å². The van der Waals surface area contributed by atoms with E-state index in [1.54, 1.807) is 6.92 Å². The highest BCUT2D eigenvalue weighted by atomic mass is 32.2. The molecule has 1 N–H and O–H groups in total. The van der Waals surface area contributed by atoms with Gasteiger partial charge >= 0.3 is 0 Å². The molecule has 2 rings (SSSR count). The van der Waals surface area contributed by atoms with Gasteiger partial charge in [0.15, 0.2) is 5.78 Å². The van der Waals surface area contributed by atoms with E-state index in [0.717, 1.165) is 23.4 Å². The van der Waals surface area contributed by atoms with Crippen LogP contribution in [-0.4, -0.2) is 16.5 Å². The van der Waals surface area contributed by atoms with Crippen LogP contribution in [0.1, 0.15) is 54.0 Å². The van der Waals surface area contributed by atoms with E-state index in [-0.39, 0.29) is 5.78 Å². The molecule has 0 saturated carbocycles. The Morgan fingerprint density at radius 2 is 2.20 bits per heavy atom. The summed E-state index contributed by atoms with van der Waals surface area (Å²) in [6, 6.07) is 0. The fraction of sp³-hybridized carbons (Fsp3) is 0.583. The standard InChI is InChI=1S/C12H17NOS/c1-7(2)12-11(8(3)14)9-6-15-5-4-10(9)13-12/h7,13H,4-6H2,1-3H3. The van der Waals surface area contributed by atoms with Gasteiger partial charge in [0, 0.05) is 22.7 Å². The highest BCUT2D eigenvalue weighted by Crippen LogP contribution is 2.32. The molecule has 1 aromatic rings. The number of rotatable bonds is 2. The largest absolute Gasteiger partial charge is 0.361 e. The van der Waals surface area contributed by atoms with Gasteiger partial charge in [0.05, 0.1) is 0 Å². The fourth-order valence-corrected chi connectivity index (χ4v) is 3.19. The third kappa shape index (κ3) is 1.85. The third-order valence-electron chi connectivity index (χ3n) is 2.89. The van der Waals surface area contributed by atoms with Crippen molar-refractivity contribution in [3.63, 3.8) is 0 Å². The van der Waals surface area contributed by atoms with Crippen molar-refractivity contribution in [1.29, 1.82) is 0 Å². The molecule has 0 atom stereocenters. The van der Waals surface area contributed by atoms with Crippen LogP contribution in [0, 0.1) is 0 Å². The van der Waals surface area contributed by atoms with Crippen LogP contribution in [0.3, 0.4) is 0 Å². The molecular formula is C12H17NOS. The number of aryl methyl sites for hydroxylation is 1. The number of Topliss-reactive ketones (excluding diaryl/α,β-unsaturated/α-hetero) is 1. The molecule has 0 saturated heterocycles. The van der Waals surface area contributed by atoms with Crippen molar-refractivity contribution < 1.29 is 4.79 Å². The average molecular weight is 223 g/mol. The molecule has 1 aromatic heterocycles. The number of nitrogens with one attached hydrogen (secondary N) is 1. The Kier molecular flexibility index (Phi) is 2.91. The van der Waals surface area contributed by atoms with Crippen LogP contribution in [0.4, 0.5) is 0 Å². The number of hydrogen-bond donors (Lipinski definition) is 1. The van der Waals surface area contributed by atoms with E-state index in [2.05, 4.69) is 18.8 Å². The van der Waals surface area contributed by atoms with Gasteiger partial charge in [0.1, 0.15) is 0 Å². The zero-order valence-corrected chi connectivity index (χ0v) is 10.3. The summed E-state index contributed by atoms with van der Waals surface area (Å²) in [5.74, 6) is 2.77. The number of aromatic amines is 1. The smallest absolute Gasteiger partial charge is 0.161 e. The Balaban J connectivity index is 2.56. The van der Waals surface area contributed by atoms with Crippen LogP contribution in [-0.2, 0) is 12.2 Å². The second kappa shape index (κ2) is 4.05. The van der Waals surface area contributed by atoms with E-state index in [9.17, 15) is 4.79 Å². The minimum Gasteiger partial charge on any atom is -0.361 e. The Labute approximate surface area is 94.8 Å². The molecule has 15 heavy (non-hydrogen) atoms. The van der Waals surface area contributed by atoms with E-state index in [1.165, 1.54) is 17.0 Å². The van der Waals surface area contributed by atoms with Gasteiger partial charge in [-0.3, -0.25) is 4.79 Å². The molecule has 0 spiro atoms. The van der Waals surface area contributed by atoms with E-state index in [4.69, 9.17) is 0 Å². The predicted molar refractivity (Wildman–Crippen MR) is 64.8 cm³/mol. The molecule has 0 bridgehead atoms. The quantitative estimate of drug-likeness (QED) is 0.781. The number of carbonyl (C=O) groups excluding carboxylic acids is 1. The first-order valence-corrected chi connectivity index (χ1v) is 6.59. The van der Waals surface area contributed by atoms with Crippen LogP contribution in [0.15, 0.2) is 0 Å². The average Bonchev–Trinajstić information content (AvgIpc) is 2.56. The first kappa shape index (κ1) is 10.8. The first-order valence-electron chi connectivity index (χ1n) is 5.43. The van der Waals surface area contributed by atoms with Crippen molar-refractivity contribution in [2.45, 2.75) is 38.9 Å². The van der Waals surface area contributed by atoms with E-state index in [1.807, 2.05) is 11.8 Å². The lowest BCUT2D eigenvalue weighted by Gasteiger charge is -2.11.